The summed E-state index contributed by atoms with van der Waals surface area (Å²) in [7, 11) is 0. The second-order valence-corrected chi connectivity index (χ2v) is 6.05. The quantitative estimate of drug-likeness (QED) is 0.520. The van der Waals surface area contributed by atoms with E-state index in [0.29, 0.717) is 11.3 Å². The van der Waals surface area contributed by atoms with Crippen LogP contribution in [0.1, 0.15) is 27.0 Å². The van der Waals surface area contributed by atoms with Gasteiger partial charge in [-0.3, -0.25) is 9.59 Å². The first-order valence-electron chi connectivity index (χ1n) is 7.51. The van der Waals surface area contributed by atoms with Gasteiger partial charge in [0.2, 0.25) is 0 Å². The van der Waals surface area contributed by atoms with Crippen molar-refractivity contribution in [1.82, 2.24) is 10.2 Å². The Hall–Kier alpha value is -2.79. The summed E-state index contributed by atoms with van der Waals surface area (Å²) in [5, 5.41) is 2.94. The van der Waals surface area contributed by atoms with Crippen molar-refractivity contribution in [3.8, 4) is 0 Å². The van der Waals surface area contributed by atoms with Crippen molar-refractivity contribution >= 4 is 35.2 Å². The van der Waals surface area contributed by atoms with Gasteiger partial charge in [0.15, 0.2) is 5.11 Å². The zero-order valence-corrected chi connectivity index (χ0v) is 14.2. The molecule has 120 valence electrons. The van der Waals surface area contributed by atoms with Crippen LogP contribution in [0.15, 0.2) is 54.2 Å². The summed E-state index contributed by atoms with van der Waals surface area (Å²) >= 11 is 5.19. The first kappa shape index (κ1) is 16.1. The van der Waals surface area contributed by atoms with Crippen LogP contribution >= 0.6 is 12.2 Å². The Morgan fingerprint density at radius 1 is 1.12 bits per heavy atom. The molecule has 0 aromatic heterocycles. The number of nitrogens with one attached hydrogen (secondary N) is 1. The Bertz CT molecular complexity index is 886. The van der Waals surface area contributed by atoms with E-state index in [0.717, 1.165) is 21.6 Å². The Balaban J connectivity index is 1.92. The number of hydrogen-bond donors (Lipinski definition) is 1. The third-order valence-corrected chi connectivity index (χ3v) is 4.09. The maximum Gasteiger partial charge on any atom is 0.283 e. The van der Waals surface area contributed by atoms with Crippen LogP contribution in [-0.4, -0.2) is 21.8 Å². The van der Waals surface area contributed by atoms with Crippen LogP contribution in [0.25, 0.3) is 6.08 Å². The third-order valence-electron chi connectivity index (χ3n) is 3.81. The van der Waals surface area contributed by atoms with Crippen molar-refractivity contribution in [2.24, 2.45) is 0 Å². The number of nitrogens with zero attached hydrogens (tertiary/aromatic N) is 1. The van der Waals surface area contributed by atoms with Gasteiger partial charge in [0.05, 0.1) is 0 Å². The van der Waals surface area contributed by atoms with Crippen LogP contribution in [0.3, 0.4) is 0 Å². The fraction of sp³-hybridized carbons (Fsp3) is 0.105. The van der Waals surface area contributed by atoms with Crippen LogP contribution in [0.4, 0.5) is 0 Å². The van der Waals surface area contributed by atoms with Crippen LogP contribution in [0.5, 0.6) is 0 Å². The minimum Gasteiger partial charge on any atom is -0.327 e. The van der Waals surface area contributed by atoms with E-state index >= 15 is 0 Å². The monoisotopic (exact) mass is 336 g/mol. The highest BCUT2D eigenvalue weighted by molar-refractivity contribution is 7.80. The van der Waals surface area contributed by atoms with Crippen LogP contribution < -0.4 is 5.32 Å². The molecule has 0 saturated carbocycles. The van der Waals surface area contributed by atoms with Gasteiger partial charge in [-0.15, -0.1) is 0 Å². The first-order valence-corrected chi connectivity index (χ1v) is 7.92. The summed E-state index contributed by atoms with van der Waals surface area (Å²) in [6.45, 7) is 3.80. The number of amides is 2. The zero-order chi connectivity index (χ0) is 17.3. The summed E-state index contributed by atoms with van der Waals surface area (Å²) in [6, 6.07) is 14.9. The fourth-order valence-corrected chi connectivity index (χ4v) is 2.86. The van der Waals surface area contributed by atoms with Gasteiger partial charge in [-0.2, -0.15) is 0 Å². The van der Waals surface area contributed by atoms with E-state index in [1.54, 1.807) is 18.2 Å². The molecule has 2 aromatic rings. The minimum absolute atomic E-state index is 0.104. The summed E-state index contributed by atoms with van der Waals surface area (Å²) < 4.78 is 0. The Kier molecular flexibility index (Phi) is 4.27. The average Bonchev–Trinajstić information content (AvgIpc) is 2.81. The summed E-state index contributed by atoms with van der Waals surface area (Å²) in [4.78, 5) is 26.3. The molecule has 1 aliphatic heterocycles. The summed E-state index contributed by atoms with van der Waals surface area (Å²) in [6.07, 6.45) is 1.70. The number of rotatable bonds is 2. The molecule has 0 unspecified atom stereocenters. The lowest BCUT2D eigenvalue weighted by Crippen LogP contribution is -2.37. The molecule has 3 rings (SSSR count). The predicted octanol–water partition coefficient (Wildman–Crippen LogP) is 3.20. The van der Waals surface area contributed by atoms with Gasteiger partial charge in [-0.1, -0.05) is 48.0 Å². The number of imide groups is 1. The van der Waals surface area contributed by atoms with Crippen molar-refractivity contribution in [3.05, 3.63) is 76.5 Å². The molecule has 1 aliphatic rings. The van der Waals surface area contributed by atoms with Gasteiger partial charge >= 0.3 is 0 Å². The van der Waals surface area contributed by atoms with Crippen molar-refractivity contribution < 1.29 is 9.59 Å². The summed E-state index contributed by atoms with van der Waals surface area (Å²) in [5.41, 5.74) is 3.53. The van der Waals surface area contributed by atoms with E-state index in [1.165, 1.54) is 0 Å². The molecule has 0 bridgehead atoms. The standard InChI is InChI=1S/C19H16N2O2S/c1-12-6-5-8-14(10-12)11-16-18(23)21(19(24)20-16)17(22)15-9-4-3-7-13(15)2/h3-11H,1-2H3,(H,20,24)/b16-11-. The molecule has 1 fully saturated rings. The molecule has 2 amide bonds. The maximum absolute atomic E-state index is 12.7. The Labute approximate surface area is 145 Å². The summed E-state index contributed by atoms with van der Waals surface area (Å²) in [5.74, 6) is -0.849. The highest BCUT2D eigenvalue weighted by atomic mass is 32.1. The average molecular weight is 336 g/mol. The zero-order valence-electron chi connectivity index (χ0n) is 13.4. The topological polar surface area (TPSA) is 49.4 Å². The molecule has 0 aliphatic carbocycles. The number of carbonyl (C=O) groups excluding carboxylic acids is 2. The molecular weight excluding hydrogens is 320 g/mol. The number of hydrogen-bond acceptors (Lipinski definition) is 3. The second-order valence-electron chi connectivity index (χ2n) is 5.66. The fourth-order valence-electron chi connectivity index (χ4n) is 2.58. The lowest BCUT2D eigenvalue weighted by atomic mass is 10.1. The van der Waals surface area contributed by atoms with E-state index in [-0.39, 0.29) is 5.11 Å². The SMILES string of the molecule is Cc1cccc(/C=C2\NC(=S)N(C(=O)c3ccccc3C)C2=O)c1. The van der Waals surface area contributed by atoms with Gasteiger partial charge in [0.1, 0.15) is 5.70 Å². The molecule has 0 radical (unpaired) electrons. The maximum atomic E-state index is 12.7. The molecule has 0 spiro atoms. The second kappa shape index (κ2) is 6.37. The van der Waals surface area contributed by atoms with Crippen molar-refractivity contribution in [1.29, 1.82) is 0 Å². The van der Waals surface area contributed by atoms with Gasteiger partial charge in [0.25, 0.3) is 11.8 Å². The molecule has 0 atom stereocenters. The van der Waals surface area contributed by atoms with Gasteiger partial charge in [-0.25, -0.2) is 4.90 Å². The third kappa shape index (κ3) is 2.98. The van der Waals surface area contributed by atoms with E-state index in [9.17, 15) is 9.59 Å². The Morgan fingerprint density at radius 3 is 2.58 bits per heavy atom. The molecule has 1 heterocycles. The lowest BCUT2D eigenvalue weighted by molar-refractivity contribution is -0.120. The molecule has 4 nitrogen and oxygen atoms in total. The largest absolute Gasteiger partial charge is 0.327 e. The normalized spacial score (nSPS) is 15.8. The predicted molar refractivity (Wildman–Crippen MR) is 97.2 cm³/mol. The first-order chi connectivity index (χ1) is 11.5. The van der Waals surface area contributed by atoms with Crippen LogP contribution in [-0.2, 0) is 4.79 Å². The molecule has 1 N–H and O–H groups in total. The van der Waals surface area contributed by atoms with Crippen LogP contribution in [0, 0.1) is 13.8 Å². The number of carbonyl (C=O) groups is 2. The molecular formula is C19H16N2O2S. The van der Waals surface area contributed by atoms with Crippen LogP contribution in [0.2, 0.25) is 0 Å². The molecule has 24 heavy (non-hydrogen) atoms. The lowest BCUT2D eigenvalue weighted by Gasteiger charge is -2.13. The van der Waals surface area contributed by atoms with E-state index in [2.05, 4.69) is 5.32 Å². The number of thiocarbonyl (C=S) groups is 1. The Morgan fingerprint density at radius 2 is 1.88 bits per heavy atom. The number of aryl methyl sites for hydroxylation is 2. The minimum atomic E-state index is -0.435. The van der Waals surface area contributed by atoms with Gasteiger partial charge in [0, 0.05) is 5.56 Å². The van der Waals surface area contributed by atoms with E-state index < -0.39 is 11.8 Å². The smallest absolute Gasteiger partial charge is 0.283 e. The van der Waals surface area contributed by atoms with Crippen molar-refractivity contribution in [2.45, 2.75) is 13.8 Å². The molecule has 1 saturated heterocycles. The highest BCUT2D eigenvalue weighted by Crippen LogP contribution is 2.19. The van der Waals surface area contributed by atoms with Gasteiger partial charge < -0.3 is 5.32 Å². The van der Waals surface area contributed by atoms with Gasteiger partial charge in [-0.05, 0) is 49.3 Å². The molecule has 2 aromatic carbocycles. The highest BCUT2D eigenvalue weighted by Gasteiger charge is 2.36. The van der Waals surface area contributed by atoms with Crippen molar-refractivity contribution in [3.63, 3.8) is 0 Å². The van der Waals surface area contributed by atoms with E-state index in [4.69, 9.17) is 12.2 Å². The van der Waals surface area contributed by atoms with Crippen molar-refractivity contribution in [2.75, 3.05) is 0 Å². The van der Waals surface area contributed by atoms with E-state index in [1.807, 2.05) is 50.2 Å². The number of benzene rings is 2. The molecule has 5 heteroatoms.